The summed E-state index contributed by atoms with van der Waals surface area (Å²) in [5.74, 6) is 0. The monoisotopic (exact) mass is 329 g/mol. The molecule has 0 aliphatic carbocycles. The number of β-amino-alcohol motifs (C(OH)–C–C–N with tert-alkyl or cyclic N) is 1. The Labute approximate surface area is 143 Å². The van der Waals surface area contributed by atoms with Gasteiger partial charge in [-0.3, -0.25) is 9.58 Å². The van der Waals surface area contributed by atoms with Gasteiger partial charge in [-0.15, -0.1) is 0 Å². The second-order valence-electron chi connectivity index (χ2n) is 6.25. The van der Waals surface area contributed by atoms with E-state index in [2.05, 4.69) is 50.5 Å². The fourth-order valence-corrected chi connectivity index (χ4v) is 3.09. The van der Waals surface area contributed by atoms with Gasteiger partial charge in [0.25, 0.3) is 0 Å². The van der Waals surface area contributed by atoms with Crippen LogP contribution in [0.2, 0.25) is 0 Å². The van der Waals surface area contributed by atoms with Crippen molar-refractivity contribution in [3.05, 3.63) is 48.8 Å². The summed E-state index contributed by atoms with van der Waals surface area (Å²) in [6, 6.07) is 12.5. The molecule has 130 valence electrons. The molecule has 6 nitrogen and oxygen atoms in total. The van der Waals surface area contributed by atoms with Crippen LogP contribution in [0.1, 0.15) is 0 Å². The van der Waals surface area contributed by atoms with Crippen LogP contribution in [0.3, 0.4) is 0 Å². The summed E-state index contributed by atoms with van der Waals surface area (Å²) in [6.07, 6.45) is 3.40. The number of rotatable bonds is 8. The largest absolute Gasteiger partial charge is 0.390 e. The summed E-state index contributed by atoms with van der Waals surface area (Å²) >= 11 is 0. The maximum absolute atomic E-state index is 10.2. The average Bonchev–Trinajstić information content (AvgIpc) is 3.14. The van der Waals surface area contributed by atoms with Gasteiger partial charge in [0.05, 0.1) is 12.6 Å². The third kappa shape index (κ3) is 5.06. The second-order valence-corrected chi connectivity index (χ2v) is 6.25. The van der Waals surface area contributed by atoms with Gasteiger partial charge in [0.1, 0.15) is 0 Å². The van der Waals surface area contributed by atoms with Crippen LogP contribution in [-0.2, 0) is 6.54 Å². The second kappa shape index (κ2) is 8.82. The first-order valence-electron chi connectivity index (χ1n) is 8.70. The third-order valence-electron chi connectivity index (χ3n) is 4.42. The normalized spacial score (nSPS) is 17.1. The maximum atomic E-state index is 10.2. The van der Waals surface area contributed by atoms with E-state index in [0.29, 0.717) is 6.54 Å². The number of hydrogen-bond donors (Lipinski definition) is 2. The Hall–Kier alpha value is -1.89. The molecular weight excluding hydrogens is 302 g/mol. The van der Waals surface area contributed by atoms with Crippen LogP contribution in [0.5, 0.6) is 0 Å². The smallest absolute Gasteiger partial charge is 0.0791 e. The predicted octanol–water partition coefficient (Wildman–Crippen LogP) is 0.656. The molecule has 2 N–H and O–H groups in total. The van der Waals surface area contributed by atoms with E-state index < -0.39 is 0 Å². The molecule has 24 heavy (non-hydrogen) atoms. The lowest BCUT2D eigenvalue weighted by atomic mass is 10.2. The van der Waals surface area contributed by atoms with E-state index in [4.69, 9.17) is 0 Å². The molecule has 0 saturated carbocycles. The molecule has 0 bridgehead atoms. The zero-order chi connectivity index (χ0) is 16.6. The summed E-state index contributed by atoms with van der Waals surface area (Å²) in [5.41, 5.74) is 1.29. The van der Waals surface area contributed by atoms with E-state index in [0.717, 1.165) is 45.8 Å². The predicted molar refractivity (Wildman–Crippen MR) is 96.2 cm³/mol. The summed E-state index contributed by atoms with van der Waals surface area (Å²) < 4.78 is 1.89. The molecule has 6 heteroatoms. The summed E-state index contributed by atoms with van der Waals surface area (Å²) in [7, 11) is 0. The molecule has 1 fully saturated rings. The molecule has 2 heterocycles. The van der Waals surface area contributed by atoms with Crippen molar-refractivity contribution in [1.29, 1.82) is 0 Å². The lowest BCUT2D eigenvalue weighted by Crippen LogP contribution is -2.49. The van der Waals surface area contributed by atoms with Gasteiger partial charge in [0, 0.05) is 63.9 Å². The Balaban J connectivity index is 1.30. The lowest BCUT2D eigenvalue weighted by Gasteiger charge is -2.36. The van der Waals surface area contributed by atoms with Crippen LogP contribution in [0.15, 0.2) is 48.8 Å². The molecule has 1 aromatic heterocycles. The zero-order valence-electron chi connectivity index (χ0n) is 14.1. The summed E-state index contributed by atoms with van der Waals surface area (Å²) in [6.45, 7) is 7.04. The van der Waals surface area contributed by atoms with Crippen molar-refractivity contribution in [1.82, 2.24) is 20.0 Å². The minimum atomic E-state index is -0.328. The van der Waals surface area contributed by atoms with Crippen LogP contribution in [0, 0.1) is 0 Å². The first kappa shape index (κ1) is 17.0. The fourth-order valence-electron chi connectivity index (χ4n) is 3.09. The topological polar surface area (TPSA) is 56.6 Å². The third-order valence-corrected chi connectivity index (χ3v) is 4.42. The summed E-state index contributed by atoms with van der Waals surface area (Å²) in [5, 5.41) is 17.7. The average molecular weight is 329 g/mol. The maximum Gasteiger partial charge on any atom is 0.0791 e. The molecule has 1 aliphatic heterocycles. The highest BCUT2D eigenvalue weighted by Crippen LogP contribution is 2.15. The van der Waals surface area contributed by atoms with Gasteiger partial charge in [-0.1, -0.05) is 18.2 Å². The van der Waals surface area contributed by atoms with E-state index in [9.17, 15) is 5.11 Å². The Morgan fingerprint density at radius 1 is 1.08 bits per heavy atom. The standard InChI is InChI=1S/C18H27N5O/c24-18(15-19-8-10-23-9-4-7-20-23)16-21-11-13-22(14-12-21)17-5-2-1-3-6-17/h1-7,9,18-19,24H,8,10-16H2. The number of para-hydroxylation sites is 1. The van der Waals surface area contributed by atoms with E-state index >= 15 is 0 Å². The van der Waals surface area contributed by atoms with E-state index in [1.165, 1.54) is 5.69 Å². The molecule has 0 radical (unpaired) electrons. The highest BCUT2D eigenvalue weighted by molar-refractivity contribution is 5.46. The minimum absolute atomic E-state index is 0.328. The molecule has 3 rings (SSSR count). The number of aliphatic hydroxyl groups excluding tert-OH is 1. The Morgan fingerprint density at radius 3 is 2.58 bits per heavy atom. The van der Waals surface area contributed by atoms with Crippen molar-refractivity contribution in [3.63, 3.8) is 0 Å². The van der Waals surface area contributed by atoms with Crippen molar-refractivity contribution < 1.29 is 5.11 Å². The van der Waals surface area contributed by atoms with Gasteiger partial charge < -0.3 is 15.3 Å². The van der Waals surface area contributed by atoms with Gasteiger partial charge >= 0.3 is 0 Å². The number of nitrogens with zero attached hydrogens (tertiary/aromatic N) is 4. The quantitative estimate of drug-likeness (QED) is 0.697. The van der Waals surface area contributed by atoms with Crippen molar-refractivity contribution in [2.45, 2.75) is 12.6 Å². The molecule has 1 saturated heterocycles. The SMILES string of the molecule is OC(CNCCn1cccn1)CN1CCN(c2ccccc2)CC1. The Morgan fingerprint density at radius 2 is 1.88 bits per heavy atom. The Bertz CT molecular complexity index is 566. The van der Waals surface area contributed by atoms with Crippen LogP contribution in [-0.4, -0.2) is 71.7 Å². The first-order valence-corrected chi connectivity index (χ1v) is 8.70. The van der Waals surface area contributed by atoms with Gasteiger partial charge in [-0.25, -0.2) is 0 Å². The number of benzene rings is 1. The molecule has 2 aromatic rings. The van der Waals surface area contributed by atoms with Crippen molar-refractivity contribution in [3.8, 4) is 0 Å². The highest BCUT2D eigenvalue weighted by atomic mass is 16.3. The number of anilines is 1. The molecule has 1 unspecified atom stereocenters. The molecule has 1 aromatic carbocycles. The van der Waals surface area contributed by atoms with Crippen LogP contribution >= 0.6 is 0 Å². The number of piperazine rings is 1. The molecule has 1 aliphatic rings. The van der Waals surface area contributed by atoms with E-state index in [1.54, 1.807) is 6.20 Å². The van der Waals surface area contributed by atoms with Gasteiger partial charge in [0.15, 0.2) is 0 Å². The molecular formula is C18H27N5O. The van der Waals surface area contributed by atoms with Gasteiger partial charge in [-0.05, 0) is 18.2 Å². The zero-order valence-corrected chi connectivity index (χ0v) is 14.1. The van der Waals surface area contributed by atoms with E-state index in [-0.39, 0.29) is 6.10 Å². The highest BCUT2D eigenvalue weighted by Gasteiger charge is 2.19. The molecule has 0 spiro atoms. The van der Waals surface area contributed by atoms with E-state index in [1.807, 2.05) is 16.9 Å². The van der Waals surface area contributed by atoms with Crippen molar-refractivity contribution >= 4 is 5.69 Å². The van der Waals surface area contributed by atoms with Crippen LogP contribution in [0.4, 0.5) is 5.69 Å². The van der Waals surface area contributed by atoms with Crippen LogP contribution < -0.4 is 10.2 Å². The lowest BCUT2D eigenvalue weighted by molar-refractivity contribution is 0.108. The summed E-state index contributed by atoms with van der Waals surface area (Å²) in [4.78, 5) is 4.75. The van der Waals surface area contributed by atoms with Crippen molar-refractivity contribution in [2.75, 3.05) is 50.7 Å². The van der Waals surface area contributed by atoms with Gasteiger partial charge in [0.2, 0.25) is 0 Å². The Kier molecular flexibility index (Phi) is 6.23. The molecule has 0 amide bonds. The first-order chi connectivity index (χ1) is 11.8. The van der Waals surface area contributed by atoms with Crippen LogP contribution in [0.25, 0.3) is 0 Å². The number of aromatic nitrogens is 2. The van der Waals surface area contributed by atoms with Crippen molar-refractivity contribution in [2.24, 2.45) is 0 Å². The van der Waals surface area contributed by atoms with Gasteiger partial charge in [-0.2, -0.15) is 5.10 Å². The molecule has 1 atom stereocenters. The minimum Gasteiger partial charge on any atom is -0.390 e. The number of aliphatic hydroxyl groups is 1. The fraction of sp³-hybridized carbons (Fsp3) is 0.500. The number of hydrogen-bond acceptors (Lipinski definition) is 5. The number of nitrogens with one attached hydrogen (secondary N) is 1.